The van der Waals surface area contributed by atoms with Gasteiger partial charge in [0.2, 0.25) is 0 Å². The molecule has 1 saturated carbocycles. The second kappa shape index (κ2) is 6.17. The molecule has 0 radical (unpaired) electrons. The first-order chi connectivity index (χ1) is 9.98. The molecule has 0 aromatic heterocycles. The van der Waals surface area contributed by atoms with Crippen LogP contribution in [0.25, 0.3) is 0 Å². The lowest BCUT2D eigenvalue weighted by Crippen LogP contribution is -2.46. The molecule has 2 N–H and O–H groups in total. The molecule has 3 fully saturated rings. The Morgan fingerprint density at radius 3 is 2.62 bits per heavy atom. The number of ether oxygens (including phenoxy) is 1. The molecule has 122 valence electrons. The minimum atomic E-state index is -2.78. The summed E-state index contributed by atoms with van der Waals surface area (Å²) in [6, 6.07) is 0.144. The summed E-state index contributed by atoms with van der Waals surface area (Å²) in [5.74, 6) is 1.52. The maximum absolute atomic E-state index is 11.6. The van der Waals surface area contributed by atoms with Gasteiger partial charge in [0.1, 0.15) is 0 Å². The van der Waals surface area contributed by atoms with Crippen molar-refractivity contribution in [1.82, 2.24) is 0 Å². The van der Waals surface area contributed by atoms with Crippen molar-refractivity contribution in [3.05, 3.63) is 0 Å². The van der Waals surface area contributed by atoms with Crippen LogP contribution in [0.3, 0.4) is 0 Å². The highest BCUT2D eigenvalue weighted by Gasteiger charge is 2.41. The van der Waals surface area contributed by atoms with Crippen LogP contribution in [-0.4, -0.2) is 38.2 Å². The summed E-state index contributed by atoms with van der Waals surface area (Å²) in [4.78, 5) is 0. The molecule has 3 aliphatic rings. The van der Waals surface area contributed by atoms with Crippen molar-refractivity contribution in [1.29, 1.82) is 0 Å². The molecule has 0 aromatic carbocycles. The third kappa shape index (κ3) is 3.80. The van der Waals surface area contributed by atoms with E-state index in [9.17, 15) is 8.42 Å². The molecule has 4 nitrogen and oxygen atoms in total. The SMILES string of the molecule is NC(CC1CCS(=O)(=O)C1)C1CCOC2(CCCCC2)C1. The number of hydrogen-bond acceptors (Lipinski definition) is 4. The molecule has 1 aliphatic carbocycles. The quantitative estimate of drug-likeness (QED) is 0.867. The van der Waals surface area contributed by atoms with E-state index in [0.29, 0.717) is 17.4 Å². The Morgan fingerprint density at radius 2 is 1.95 bits per heavy atom. The van der Waals surface area contributed by atoms with Crippen molar-refractivity contribution >= 4 is 9.84 Å². The van der Waals surface area contributed by atoms with Gasteiger partial charge in [0.15, 0.2) is 9.84 Å². The van der Waals surface area contributed by atoms with Gasteiger partial charge < -0.3 is 10.5 Å². The van der Waals surface area contributed by atoms with Gasteiger partial charge in [-0.05, 0) is 50.4 Å². The minimum Gasteiger partial charge on any atom is -0.375 e. The van der Waals surface area contributed by atoms with Gasteiger partial charge in [-0.3, -0.25) is 0 Å². The van der Waals surface area contributed by atoms with Gasteiger partial charge in [0.05, 0.1) is 17.1 Å². The van der Waals surface area contributed by atoms with Crippen LogP contribution in [0.5, 0.6) is 0 Å². The van der Waals surface area contributed by atoms with Crippen LogP contribution in [0.15, 0.2) is 0 Å². The molecule has 0 aromatic rings. The number of sulfone groups is 1. The lowest BCUT2D eigenvalue weighted by molar-refractivity contribution is -0.121. The highest BCUT2D eigenvalue weighted by molar-refractivity contribution is 7.91. The third-order valence-corrected chi connectivity index (χ3v) is 7.67. The standard InChI is InChI=1S/C16H29NO3S/c17-15(10-13-5-9-21(18,19)12-13)14-4-8-20-16(11-14)6-2-1-3-7-16/h13-15H,1-12,17H2. The van der Waals surface area contributed by atoms with Crippen molar-refractivity contribution in [2.24, 2.45) is 17.6 Å². The molecule has 2 saturated heterocycles. The fourth-order valence-corrected chi connectivity index (χ4v) is 6.49. The van der Waals surface area contributed by atoms with Gasteiger partial charge in [0, 0.05) is 12.6 Å². The fraction of sp³-hybridized carbons (Fsp3) is 1.00. The van der Waals surface area contributed by atoms with Crippen LogP contribution in [0, 0.1) is 11.8 Å². The lowest BCUT2D eigenvalue weighted by Gasteiger charge is -2.45. The average molecular weight is 315 g/mol. The van der Waals surface area contributed by atoms with Crippen LogP contribution >= 0.6 is 0 Å². The first-order valence-corrected chi connectivity index (χ1v) is 10.4. The number of nitrogens with two attached hydrogens (primary N) is 1. The van der Waals surface area contributed by atoms with E-state index in [1.165, 1.54) is 32.1 Å². The van der Waals surface area contributed by atoms with E-state index >= 15 is 0 Å². The maximum Gasteiger partial charge on any atom is 0.150 e. The highest BCUT2D eigenvalue weighted by atomic mass is 32.2. The van der Waals surface area contributed by atoms with Gasteiger partial charge in [-0.2, -0.15) is 0 Å². The molecule has 1 spiro atoms. The monoisotopic (exact) mass is 315 g/mol. The number of hydrogen-bond donors (Lipinski definition) is 1. The van der Waals surface area contributed by atoms with Crippen LogP contribution in [0.1, 0.15) is 57.8 Å². The first kappa shape index (κ1) is 15.8. The Bertz CT molecular complexity index is 451. The van der Waals surface area contributed by atoms with Crippen molar-refractivity contribution in [3.8, 4) is 0 Å². The Balaban J connectivity index is 1.56. The minimum absolute atomic E-state index is 0.0978. The van der Waals surface area contributed by atoms with Gasteiger partial charge in [-0.15, -0.1) is 0 Å². The normalized spacial score (nSPS) is 36.6. The van der Waals surface area contributed by atoms with Gasteiger partial charge in [-0.25, -0.2) is 8.42 Å². The topological polar surface area (TPSA) is 69.4 Å². The molecule has 3 rings (SSSR count). The van der Waals surface area contributed by atoms with E-state index in [2.05, 4.69) is 0 Å². The molecule has 0 amide bonds. The zero-order chi connectivity index (χ0) is 14.9. The predicted octanol–water partition coefficient (Wildman–Crippen LogP) is 2.27. The molecule has 3 atom stereocenters. The van der Waals surface area contributed by atoms with Crippen molar-refractivity contribution in [3.63, 3.8) is 0 Å². The zero-order valence-electron chi connectivity index (χ0n) is 12.9. The highest BCUT2D eigenvalue weighted by Crippen LogP contribution is 2.42. The van der Waals surface area contributed by atoms with Crippen LogP contribution < -0.4 is 5.73 Å². The third-order valence-electron chi connectivity index (χ3n) is 5.83. The van der Waals surface area contributed by atoms with Crippen molar-refractivity contribution in [2.75, 3.05) is 18.1 Å². The largest absolute Gasteiger partial charge is 0.375 e. The smallest absolute Gasteiger partial charge is 0.150 e. The van der Waals surface area contributed by atoms with E-state index in [-0.39, 0.29) is 17.6 Å². The summed E-state index contributed by atoms with van der Waals surface area (Å²) >= 11 is 0. The summed E-state index contributed by atoms with van der Waals surface area (Å²) in [5.41, 5.74) is 6.55. The molecular formula is C16H29NO3S. The Hall–Kier alpha value is -0.130. The van der Waals surface area contributed by atoms with Crippen molar-refractivity contribution in [2.45, 2.75) is 69.4 Å². The summed E-state index contributed by atoms with van der Waals surface area (Å²) in [6.07, 6.45) is 10.1. The Kier molecular flexibility index (Phi) is 4.63. The second-order valence-corrected chi connectivity index (χ2v) is 9.74. The first-order valence-electron chi connectivity index (χ1n) is 8.58. The number of rotatable bonds is 3. The maximum atomic E-state index is 11.6. The second-order valence-electron chi connectivity index (χ2n) is 7.51. The Labute approximate surface area is 128 Å². The molecular weight excluding hydrogens is 286 g/mol. The average Bonchev–Trinajstić information content (AvgIpc) is 2.79. The van der Waals surface area contributed by atoms with E-state index in [4.69, 9.17) is 10.5 Å². The van der Waals surface area contributed by atoms with Gasteiger partial charge in [-0.1, -0.05) is 19.3 Å². The summed E-state index contributed by atoms with van der Waals surface area (Å²) in [5, 5.41) is 0. The van der Waals surface area contributed by atoms with E-state index in [1.807, 2.05) is 0 Å². The lowest BCUT2D eigenvalue weighted by atomic mass is 9.73. The van der Waals surface area contributed by atoms with Crippen LogP contribution in [-0.2, 0) is 14.6 Å². The molecule has 0 bridgehead atoms. The molecule has 5 heteroatoms. The van der Waals surface area contributed by atoms with Crippen molar-refractivity contribution < 1.29 is 13.2 Å². The summed E-state index contributed by atoms with van der Waals surface area (Å²) in [7, 11) is -2.78. The van der Waals surface area contributed by atoms with Gasteiger partial charge >= 0.3 is 0 Å². The zero-order valence-corrected chi connectivity index (χ0v) is 13.7. The molecule has 2 aliphatic heterocycles. The van der Waals surface area contributed by atoms with E-state index in [0.717, 1.165) is 32.3 Å². The predicted molar refractivity (Wildman–Crippen MR) is 83.8 cm³/mol. The Morgan fingerprint density at radius 1 is 1.19 bits per heavy atom. The summed E-state index contributed by atoms with van der Waals surface area (Å²) < 4.78 is 29.3. The van der Waals surface area contributed by atoms with Gasteiger partial charge in [0.25, 0.3) is 0 Å². The van der Waals surface area contributed by atoms with E-state index < -0.39 is 9.84 Å². The molecule has 21 heavy (non-hydrogen) atoms. The summed E-state index contributed by atoms with van der Waals surface area (Å²) in [6.45, 7) is 0.835. The van der Waals surface area contributed by atoms with Crippen LogP contribution in [0.4, 0.5) is 0 Å². The fourth-order valence-electron chi connectivity index (χ4n) is 4.61. The molecule has 3 unspecified atom stereocenters. The molecule has 2 heterocycles. The van der Waals surface area contributed by atoms with Crippen LogP contribution in [0.2, 0.25) is 0 Å². The van der Waals surface area contributed by atoms with E-state index in [1.54, 1.807) is 0 Å².